The van der Waals surface area contributed by atoms with Gasteiger partial charge in [-0.1, -0.05) is 42.5 Å². The molecule has 174 valence electrons. The number of H-pyrrole nitrogens is 1. The minimum absolute atomic E-state index is 0.468. The number of aryl methyl sites for hydroxylation is 1. The molecule has 0 saturated carbocycles. The topological polar surface area (TPSA) is 83.6 Å². The summed E-state index contributed by atoms with van der Waals surface area (Å²) in [5.41, 5.74) is 4.37. The van der Waals surface area contributed by atoms with Gasteiger partial charge in [0.15, 0.2) is 5.96 Å². The molecular formula is C26H33N5O2. The fourth-order valence-corrected chi connectivity index (χ4v) is 3.74. The number of nitrogens with zero attached hydrogens (tertiary/aromatic N) is 2. The molecule has 1 aliphatic rings. The molecule has 2 aromatic carbocycles. The molecule has 33 heavy (non-hydrogen) atoms. The van der Waals surface area contributed by atoms with Crippen LogP contribution >= 0.6 is 0 Å². The molecular weight excluding hydrogens is 414 g/mol. The SMILES string of the molecule is CCNC(=NCc1ccc(C)cc1OCC1CCOC1)NCc1ncc(-c2ccccc2)[nH]1. The summed E-state index contributed by atoms with van der Waals surface area (Å²) in [7, 11) is 0. The number of hydrogen-bond acceptors (Lipinski definition) is 4. The van der Waals surface area contributed by atoms with Gasteiger partial charge in [-0.25, -0.2) is 9.98 Å². The van der Waals surface area contributed by atoms with Crippen molar-refractivity contribution in [2.24, 2.45) is 10.9 Å². The first kappa shape index (κ1) is 22.9. The Morgan fingerprint density at radius 3 is 2.88 bits per heavy atom. The van der Waals surface area contributed by atoms with Crippen molar-refractivity contribution < 1.29 is 9.47 Å². The number of aliphatic imine (C=N–C) groups is 1. The van der Waals surface area contributed by atoms with Crippen molar-refractivity contribution in [1.82, 2.24) is 20.6 Å². The van der Waals surface area contributed by atoms with Crippen LogP contribution in [0, 0.1) is 12.8 Å². The maximum absolute atomic E-state index is 6.16. The van der Waals surface area contributed by atoms with Crippen LogP contribution in [-0.4, -0.2) is 42.3 Å². The molecule has 7 nitrogen and oxygen atoms in total. The third-order valence-electron chi connectivity index (χ3n) is 5.61. The summed E-state index contributed by atoms with van der Waals surface area (Å²) in [5.74, 6) is 2.97. The summed E-state index contributed by atoms with van der Waals surface area (Å²) in [5, 5.41) is 6.68. The number of guanidine groups is 1. The van der Waals surface area contributed by atoms with E-state index in [1.54, 1.807) is 0 Å². The molecule has 1 fully saturated rings. The summed E-state index contributed by atoms with van der Waals surface area (Å²) in [4.78, 5) is 12.7. The monoisotopic (exact) mass is 447 g/mol. The van der Waals surface area contributed by atoms with Gasteiger partial charge in [-0.05, 0) is 37.5 Å². The van der Waals surface area contributed by atoms with E-state index >= 15 is 0 Å². The highest BCUT2D eigenvalue weighted by Gasteiger charge is 2.17. The number of aromatic amines is 1. The highest BCUT2D eigenvalue weighted by molar-refractivity contribution is 5.79. The van der Waals surface area contributed by atoms with Gasteiger partial charge in [-0.3, -0.25) is 0 Å². The number of aromatic nitrogens is 2. The Hall–Kier alpha value is -3.32. The largest absolute Gasteiger partial charge is 0.493 e. The lowest BCUT2D eigenvalue weighted by atomic mass is 10.1. The normalized spacial score (nSPS) is 16.1. The molecule has 1 atom stereocenters. The second-order valence-corrected chi connectivity index (χ2v) is 8.31. The molecule has 7 heteroatoms. The number of rotatable bonds is 9. The van der Waals surface area contributed by atoms with E-state index in [1.807, 2.05) is 24.4 Å². The Morgan fingerprint density at radius 1 is 1.21 bits per heavy atom. The number of hydrogen-bond donors (Lipinski definition) is 3. The van der Waals surface area contributed by atoms with Crippen LogP contribution in [0.2, 0.25) is 0 Å². The van der Waals surface area contributed by atoms with Gasteiger partial charge < -0.3 is 25.1 Å². The van der Waals surface area contributed by atoms with E-state index in [1.165, 1.54) is 5.56 Å². The van der Waals surface area contributed by atoms with Crippen molar-refractivity contribution >= 4 is 5.96 Å². The van der Waals surface area contributed by atoms with Crippen LogP contribution in [0.4, 0.5) is 0 Å². The molecule has 0 spiro atoms. The molecule has 0 radical (unpaired) electrons. The molecule has 2 heterocycles. The van der Waals surface area contributed by atoms with Gasteiger partial charge in [0.25, 0.3) is 0 Å². The summed E-state index contributed by atoms with van der Waals surface area (Å²) in [6, 6.07) is 16.5. The molecule has 1 unspecified atom stereocenters. The van der Waals surface area contributed by atoms with E-state index in [0.29, 0.717) is 25.6 Å². The van der Waals surface area contributed by atoms with E-state index in [2.05, 4.69) is 64.8 Å². The van der Waals surface area contributed by atoms with Gasteiger partial charge in [-0.15, -0.1) is 0 Å². The molecule has 4 rings (SSSR count). The fraction of sp³-hybridized carbons (Fsp3) is 0.385. The van der Waals surface area contributed by atoms with Gasteiger partial charge in [0, 0.05) is 24.6 Å². The average molecular weight is 448 g/mol. The zero-order valence-corrected chi connectivity index (χ0v) is 19.4. The van der Waals surface area contributed by atoms with E-state index in [9.17, 15) is 0 Å². The molecule has 1 aliphatic heterocycles. The third kappa shape index (κ3) is 6.58. The smallest absolute Gasteiger partial charge is 0.191 e. The summed E-state index contributed by atoms with van der Waals surface area (Å²) < 4.78 is 11.6. The lowest BCUT2D eigenvalue weighted by molar-refractivity contribution is 0.166. The third-order valence-corrected chi connectivity index (χ3v) is 5.61. The second-order valence-electron chi connectivity index (χ2n) is 8.31. The molecule has 3 N–H and O–H groups in total. The van der Waals surface area contributed by atoms with Gasteiger partial charge in [0.1, 0.15) is 11.6 Å². The first-order valence-corrected chi connectivity index (χ1v) is 11.6. The van der Waals surface area contributed by atoms with Crippen LogP contribution < -0.4 is 15.4 Å². The van der Waals surface area contributed by atoms with Gasteiger partial charge >= 0.3 is 0 Å². The van der Waals surface area contributed by atoms with Crippen LogP contribution in [0.5, 0.6) is 5.75 Å². The Labute approximate surface area is 195 Å². The minimum Gasteiger partial charge on any atom is -0.493 e. The highest BCUT2D eigenvalue weighted by Crippen LogP contribution is 2.23. The zero-order valence-electron chi connectivity index (χ0n) is 19.4. The van der Waals surface area contributed by atoms with Crippen LogP contribution in [0.1, 0.15) is 30.3 Å². The van der Waals surface area contributed by atoms with Gasteiger partial charge in [0.2, 0.25) is 0 Å². The van der Waals surface area contributed by atoms with Crippen molar-refractivity contribution in [3.63, 3.8) is 0 Å². The molecule has 0 amide bonds. The maximum atomic E-state index is 6.16. The first-order valence-electron chi connectivity index (χ1n) is 11.6. The lowest BCUT2D eigenvalue weighted by Gasteiger charge is -2.15. The minimum atomic E-state index is 0.468. The van der Waals surface area contributed by atoms with Crippen molar-refractivity contribution in [2.45, 2.75) is 33.4 Å². The Kier molecular flexibility index (Phi) is 7.98. The molecule has 1 saturated heterocycles. The quantitative estimate of drug-likeness (QED) is 0.340. The zero-order chi connectivity index (χ0) is 22.9. The van der Waals surface area contributed by atoms with E-state index in [-0.39, 0.29) is 0 Å². The fourth-order valence-electron chi connectivity index (χ4n) is 3.74. The van der Waals surface area contributed by atoms with Crippen LogP contribution in [0.25, 0.3) is 11.3 Å². The second kappa shape index (κ2) is 11.5. The maximum Gasteiger partial charge on any atom is 0.191 e. The van der Waals surface area contributed by atoms with Crippen molar-refractivity contribution in [3.05, 3.63) is 71.7 Å². The van der Waals surface area contributed by atoms with Crippen molar-refractivity contribution in [2.75, 3.05) is 26.4 Å². The Morgan fingerprint density at radius 2 is 2.09 bits per heavy atom. The highest BCUT2D eigenvalue weighted by atomic mass is 16.5. The number of ether oxygens (including phenoxy) is 2. The van der Waals surface area contributed by atoms with Crippen LogP contribution in [0.3, 0.4) is 0 Å². The van der Waals surface area contributed by atoms with Gasteiger partial charge in [0.05, 0.1) is 38.2 Å². The predicted molar refractivity (Wildman–Crippen MR) is 131 cm³/mol. The molecule has 0 aliphatic carbocycles. The van der Waals surface area contributed by atoms with Crippen molar-refractivity contribution in [1.29, 1.82) is 0 Å². The predicted octanol–water partition coefficient (Wildman–Crippen LogP) is 4.06. The summed E-state index contributed by atoms with van der Waals surface area (Å²) >= 11 is 0. The van der Waals surface area contributed by atoms with E-state index in [4.69, 9.17) is 14.5 Å². The van der Waals surface area contributed by atoms with Crippen LogP contribution in [-0.2, 0) is 17.8 Å². The first-order chi connectivity index (χ1) is 16.2. The summed E-state index contributed by atoms with van der Waals surface area (Å²) in [6.07, 6.45) is 2.92. The number of nitrogens with one attached hydrogen (secondary N) is 3. The molecule has 3 aromatic rings. The van der Waals surface area contributed by atoms with Crippen LogP contribution in [0.15, 0.2) is 59.7 Å². The number of imidazole rings is 1. The Bertz CT molecular complexity index is 1040. The Balaban J connectivity index is 1.38. The average Bonchev–Trinajstić information content (AvgIpc) is 3.53. The van der Waals surface area contributed by atoms with E-state index < -0.39 is 0 Å². The lowest BCUT2D eigenvalue weighted by Crippen LogP contribution is -2.37. The van der Waals surface area contributed by atoms with Crippen molar-refractivity contribution in [3.8, 4) is 17.0 Å². The number of benzene rings is 2. The van der Waals surface area contributed by atoms with E-state index in [0.717, 1.165) is 60.5 Å². The molecule has 1 aromatic heterocycles. The standard InChI is InChI=1S/C26H33N5O2/c1-3-27-26(30-16-25-28-15-23(31-25)21-7-5-4-6-8-21)29-14-22-10-9-19(2)13-24(22)33-18-20-11-12-32-17-20/h4-10,13,15,20H,3,11-12,14,16-18H2,1-2H3,(H,28,31)(H2,27,29,30). The summed E-state index contributed by atoms with van der Waals surface area (Å²) in [6.45, 7) is 8.29. The molecule has 0 bridgehead atoms. The van der Waals surface area contributed by atoms with Gasteiger partial charge in [-0.2, -0.15) is 0 Å².